The Bertz CT molecular complexity index is 612. The average molecular weight is 328 g/mol. The van der Waals surface area contributed by atoms with Crippen molar-refractivity contribution < 1.29 is 8.42 Å². The van der Waals surface area contributed by atoms with Crippen LogP contribution in [0.5, 0.6) is 0 Å². The maximum Gasteiger partial charge on any atom is 0.243 e. The minimum Gasteiger partial charge on any atom is -0.388 e. The molecule has 2 rings (SSSR count). The normalized spacial score (nSPS) is 17.8. The van der Waals surface area contributed by atoms with Gasteiger partial charge in [-0.25, -0.2) is 13.1 Å². The van der Waals surface area contributed by atoms with Crippen molar-refractivity contribution in [1.82, 2.24) is 14.6 Å². The Morgan fingerprint density at radius 3 is 2.81 bits per heavy atom. The van der Waals surface area contributed by atoms with E-state index < -0.39 is 10.0 Å². The van der Waals surface area contributed by atoms with Crippen molar-refractivity contribution >= 4 is 27.2 Å². The molecule has 2 heterocycles. The molecule has 0 bridgehead atoms. The first-order chi connectivity index (χ1) is 9.90. The fourth-order valence-electron chi connectivity index (χ4n) is 2.51. The molecule has 1 saturated heterocycles. The predicted octanol–water partition coefficient (Wildman–Crippen LogP) is 0.478. The highest BCUT2D eigenvalue weighted by Gasteiger charge is 2.24. The first-order valence-corrected chi connectivity index (χ1v) is 8.79. The minimum absolute atomic E-state index is 0.0248. The highest BCUT2D eigenvalue weighted by atomic mass is 32.2. The van der Waals surface area contributed by atoms with Gasteiger partial charge < -0.3 is 10.6 Å². The van der Waals surface area contributed by atoms with E-state index in [9.17, 15) is 8.42 Å². The van der Waals surface area contributed by atoms with E-state index >= 15 is 0 Å². The standard InChI is InChI=1S/C13H20N4O2S2/c1-10(9-17-7-2-3-8-17)16-21(18,19)11-5-4-6-15-12(11)13(14)20/h4-6,10,16H,2-3,7-9H2,1H3,(H2,14,20). The first kappa shape index (κ1) is 16.3. The van der Waals surface area contributed by atoms with Crippen molar-refractivity contribution in [2.75, 3.05) is 19.6 Å². The average Bonchev–Trinajstić information content (AvgIpc) is 2.90. The SMILES string of the molecule is CC(CN1CCCC1)NS(=O)(=O)c1cccnc1C(N)=S. The van der Waals surface area contributed by atoms with Crippen LogP contribution in [0.3, 0.4) is 0 Å². The zero-order valence-corrected chi connectivity index (χ0v) is 13.6. The van der Waals surface area contributed by atoms with Crippen molar-refractivity contribution in [2.45, 2.75) is 30.7 Å². The van der Waals surface area contributed by atoms with E-state index in [4.69, 9.17) is 18.0 Å². The molecule has 0 spiro atoms. The van der Waals surface area contributed by atoms with Gasteiger partial charge >= 0.3 is 0 Å². The topological polar surface area (TPSA) is 88.3 Å². The minimum atomic E-state index is -3.68. The number of likely N-dealkylation sites (tertiary alicyclic amines) is 1. The number of nitrogens with zero attached hydrogens (tertiary/aromatic N) is 2. The van der Waals surface area contributed by atoms with Crippen molar-refractivity contribution in [2.24, 2.45) is 5.73 Å². The molecule has 1 aliphatic heterocycles. The van der Waals surface area contributed by atoms with Gasteiger partial charge in [-0.1, -0.05) is 12.2 Å². The number of pyridine rings is 1. The van der Waals surface area contributed by atoms with E-state index in [1.807, 2.05) is 6.92 Å². The van der Waals surface area contributed by atoms with Gasteiger partial charge in [0.05, 0.1) is 0 Å². The molecule has 1 fully saturated rings. The van der Waals surface area contributed by atoms with Crippen LogP contribution >= 0.6 is 12.2 Å². The van der Waals surface area contributed by atoms with E-state index in [1.54, 1.807) is 6.07 Å². The zero-order valence-electron chi connectivity index (χ0n) is 11.9. The van der Waals surface area contributed by atoms with Crippen LogP contribution < -0.4 is 10.5 Å². The Hall–Kier alpha value is -1.09. The summed E-state index contributed by atoms with van der Waals surface area (Å²) >= 11 is 4.86. The van der Waals surface area contributed by atoms with E-state index in [0.717, 1.165) is 13.1 Å². The summed E-state index contributed by atoms with van der Waals surface area (Å²) in [5.41, 5.74) is 5.68. The highest BCUT2D eigenvalue weighted by Crippen LogP contribution is 2.14. The number of nitrogens with one attached hydrogen (secondary N) is 1. The second-order valence-electron chi connectivity index (χ2n) is 5.24. The summed E-state index contributed by atoms with van der Waals surface area (Å²) in [6.45, 7) is 4.60. The van der Waals surface area contributed by atoms with Crippen molar-refractivity contribution in [1.29, 1.82) is 0 Å². The predicted molar refractivity (Wildman–Crippen MR) is 85.6 cm³/mol. The van der Waals surface area contributed by atoms with Crippen molar-refractivity contribution in [3.05, 3.63) is 24.0 Å². The molecule has 0 amide bonds. The molecule has 1 atom stereocenters. The molecular weight excluding hydrogens is 308 g/mol. The number of sulfonamides is 1. The molecule has 21 heavy (non-hydrogen) atoms. The summed E-state index contributed by atoms with van der Waals surface area (Å²) in [5, 5.41) is 0. The van der Waals surface area contributed by atoms with Gasteiger partial charge in [0.25, 0.3) is 0 Å². The molecule has 8 heteroatoms. The molecule has 116 valence electrons. The van der Waals surface area contributed by atoms with Gasteiger partial charge in [0.15, 0.2) is 0 Å². The third kappa shape index (κ3) is 4.19. The Morgan fingerprint density at radius 1 is 1.52 bits per heavy atom. The van der Waals surface area contributed by atoms with Gasteiger partial charge in [0.1, 0.15) is 15.6 Å². The summed E-state index contributed by atoms with van der Waals surface area (Å²) < 4.78 is 27.6. The van der Waals surface area contributed by atoms with Crippen LogP contribution in [0.4, 0.5) is 0 Å². The van der Waals surface area contributed by atoms with Gasteiger partial charge in [-0.05, 0) is 45.0 Å². The van der Waals surface area contributed by atoms with Crippen LogP contribution in [0.2, 0.25) is 0 Å². The number of thiocarbonyl (C=S) groups is 1. The largest absolute Gasteiger partial charge is 0.388 e. The third-order valence-electron chi connectivity index (χ3n) is 3.38. The summed E-state index contributed by atoms with van der Waals surface area (Å²) in [6.07, 6.45) is 3.82. The van der Waals surface area contributed by atoms with E-state index in [1.165, 1.54) is 25.1 Å². The number of aromatic nitrogens is 1. The molecule has 3 N–H and O–H groups in total. The third-order valence-corrected chi connectivity index (χ3v) is 5.20. The molecule has 6 nitrogen and oxygen atoms in total. The Morgan fingerprint density at radius 2 is 2.19 bits per heavy atom. The van der Waals surface area contributed by atoms with Crippen molar-refractivity contribution in [3.8, 4) is 0 Å². The van der Waals surface area contributed by atoms with Gasteiger partial charge in [-0.2, -0.15) is 0 Å². The summed E-state index contributed by atoms with van der Waals surface area (Å²) in [7, 11) is -3.68. The van der Waals surface area contributed by atoms with Gasteiger partial charge in [0, 0.05) is 18.8 Å². The Balaban J connectivity index is 2.12. The van der Waals surface area contributed by atoms with Crippen LogP contribution in [0, 0.1) is 0 Å². The highest BCUT2D eigenvalue weighted by molar-refractivity contribution is 7.89. The lowest BCUT2D eigenvalue weighted by molar-refractivity contribution is 0.313. The number of hydrogen-bond donors (Lipinski definition) is 2. The fraction of sp³-hybridized carbons (Fsp3) is 0.538. The van der Waals surface area contributed by atoms with Crippen LogP contribution in [0.25, 0.3) is 0 Å². The monoisotopic (exact) mass is 328 g/mol. The van der Waals surface area contributed by atoms with Crippen LogP contribution in [-0.4, -0.2) is 49.0 Å². The van der Waals surface area contributed by atoms with E-state index in [0.29, 0.717) is 6.54 Å². The molecular formula is C13H20N4O2S2. The lowest BCUT2D eigenvalue weighted by Crippen LogP contribution is -2.41. The van der Waals surface area contributed by atoms with E-state index in [2.05, 4.69) is 14.6 Å². The summed E-state index contributed by atoms with van der Waals surface area (Å²) in [5.74, 6) is 0. The Kier molecular flexibility index (Phi) is 5.26. The number of rotatable bonds is 6. The second kappa shape index (κ2) is 6.78. The van der Waals surface area contributed by atoms with Crippen LogP contribution in [0.1, 0.15) is 25.5 Å². The number of hydrogen-bond acceptors (Lipinski definition) is 5. The molecule has 0 radical (unpaired) electrons. The van der Waals surface area contributed by atoms with Crippen molar-refractivity contribution in [3.63, 3.8) is 0 Å². The summed E-state index contributed by atoms with van der Waals surface area (Å²) in [4.78, 5) is 6.22. The zero-order chi connectivity index (χ0) is 15.5. The van der Waals surface area contributed by atoms with E-state index in [-0.39, 0.29) is 21.6 Å². The van der Waals surface area contributed by atoms with Gasteiger partial charge in [0.2, 0.25) is 10.0 Å². The molecule has 1 unspecified atom stereocenters. The molecule has 1 aromatic rings. The summed E-state index contributed by atoms with van der Waals surface area (Å²) in [6, 6.07) is 2.83. The maximum absolute atomic E-state index is 12.5. The van der Waals surface area contributed by atoms with Crippen LogP contribution in [0.15, 0.2) is 23.2 Å². The second-order valence-corrected chi connectivity index (χ2v) is 7.37. The maximum atomic E-state index is 12.5. The quantitative estimate of drug-likeness (QED) is 0.739. The lowest BCUT2D eigenvalue weighted by atomic mass is 10.3. The smallest absolute Gasteiger partial charge is 0.243 e. The number of nitrogens with two attached hydrogens (primary N) is 1. The fourth-order valence-corrected chi connectivity index (χ4v) is 4.14. The molecule has 0 saturated carbocycles. The molecule has 1 aromatic heterocycles. The first-order valence-electron chi connectivity index (χ1n) is 6.89. The van der Waals surface area contributed by atoms with Crippen LogP contribution in [-0.2, 0) is 10.0 Å². The molecule has 1 aliphatic rings. The van der Waals surface area contributed by atoms with Gasteiger partial charge in [-0.15, -0.1) is 0 Å². The molecule has 0 aromatic carbocycles. The van der Waals surface area contributed by atoms with Gasteiger partial charge in [-0.3, -0.25) is 4.98 Å². The molecule has 0 aliphatic carbocycles. The Labute approximate surface area is 130 Å². The lowest BCUT2D eigenvalue weighted by Gasteiger charge is -2.21.